The number of benzene rings is 5. The quantitative estimate of drug-likeness (QED) is 0.183. The Balaban J connectivity index is 1.43. The molecule has 0 aliphatic carbocycles. The van der Waals surface area contributed by atoms with Crippen molar-refractivity contribution in [2.75, 3.05) is 0 Å². The molecule has 5 aromatic carbocycles. The minimum Gasteiger partial charge on any atom is -0.441 e. The molecule has 0 amide bonds. The molecule has 0 N–H and O–H groups in total. The first-order valence-corrected chi connectivity index (χ1v) is 14.6. The lowest BCUT2D eigenvalue weighted by atomic mass is 9.45. The van der Waals surface area contributed by atoms with E-state index in [4.69, 9.17) is 4.42 Å². The largest absolute Gasteiger partial charge is 0.441 e. The third-order valence-electron chi connectivity index (χ3n) is 9.33. The standard InChI is InChI=1S/C35H19BN2OS/c1-18-16-24-19-10-6-11-22-29-20-8-2-4-14-27(20)39-35(29)38(31(19)22)36-25-13-7-12-23-32(25)37(26(17-18)30(24)36)33-21-9-3-5-15-28(21)40-34(23)33/h2-17H,1H3. The number of rotatable bonds is 0. The minimum absolute atomic E-state index is 0.0348. The molecule has 9 aromatic rings. The van der Waals surface area contributed by atoms with E-state index in [1.807, 2.05) is 11.3 Å². The monoisotopic (exact) mass is 526 g/mol. The Morgan fingerprint density at radius 1 is 0.700 bits per heavy atom. The zero-order valence-corrected chi connectivity index (χ0v) is 22.3. The third-order valence-corrected chi connectivity index (χ3v) is 10.5. The van der Waals surface area contributed by atoms with Gasteiger partial charge in [-0.3, -0.25) is 0 Å². The summed E-state index contributed by atoms with van der Waals surface area (Å²) < 4.78 is 14.5. The van der Waals surface area contributed by atoms with Crippen LogP contribution in [-0.2, 0) is 0 Å². The summed E-state index contributed by atoms with van der Waals surface area (Å²) in [5.74, 6) is 0. The van der Waals surface area contributed by atoms with E-state index in [9.17, 15) is 0 Å². The smallest absolute Gasteiger partial charge is 0.336 e. The molecule has 0 unspecified atom stereocenters. The van der Waals surface area contributed by atoms with Crippen molar-refractivity contribution in [1.29, 1.82) is 0 Å². The molecule has 0 fully saturated rings. The molecule has 0 bridgehead atoms. The van der Waals surface area contributed by atoms with E-state index in [0.717, 1.165) is 11.3 Å². The summed E-state index contributed by atoms with van der Waals surface area (Å²) in [6.45, 7) is 2.27. The highest BCUT2D eigenvalue weighted by atomic mass is 32.1. The predicted molar refractivity (Wildman–Crippen MR) is 170 cm³/mol. The number of para-hydroxylation sites is 3. The lowest BCUT2D eigenvalue weighted by Crippen LogP contribution is -2.55. The van der Waals surface area contributed by atoms with Crippen LogP contribution in [0.1, 0.15) is 5.56 Å². The van der Waals surface area contributed by atoms with E-state index in [1.165, 1.54) is 86.2 Å². The van der Waals surface area contributed by atoms with Crippen LogP contribution >= 0.6 is 11.3 Å². The molecule has 40 heavy (non-hydrogen) atoms. The summed E-state index contributed by atoms with van der Waals surface area (Å²) >= 11 is 1.91. The van der Waals surface area contributed by atoms with Crippen LogP contribution < -0.4 is 10.9 Å². The van der Waals surface area contributed by atoms with Gasteiger partial charge >= 0.3 is 6.85 Å². The van der Waals surface area contributed by atoms with Crippen molar-refractivity contribution in [3.05, 3.63) is 103 Å². The van der Waals surface area contributed by atoms with Gasteiger partial charge in [0.15, 0.2) is 5.71 Å². The minimum atomic E-state index is 0.0348. The number of thiophene rings is 1. The second-order valence-corrected chi connectivity index (χ2v) is 12.4. The van der Waals surface area contributed by atoms with Crippen LogP contribution in [0.2, 0.25) is 0 Å². The van der Waals surface area contributed by atoms with Gasteiger partial charge in [0, 0.05) is 43.0 Å². The van der Waals surface area contributed by atoms with E-state index in [0.29, 0.717) is 0 Å². The topological polar surface area (TPSA) is 23.0 Å². The van der Waals surface area contributed by atoms with Crippen LogP contribution in [0.15, 0.2) is 101 Å². The van der Waals surface area contributed by atoms with Gasteiger partial charge in [0.25, 0.3) is 0 Å². The van der Waals surface area contributed by atoms with E-state index < -0.39 is 0 Å². The number of hydrogen-bond acceptors (Lipinski definition) is 2. The summed E-state index contributed by atoms with van der Waals surface area (Å²) in [6, 6.07) is 35.8. The lowest BCUT2D eigenvalue weighted by Gasteiger charge is -2.33. The average Bonchev–Trinajstić information content (AvgIpc) is 3.71. The second kappa shape index (κ2) is 6.52. The first-order chi connectivity index (χ1) is 19.8. The normalized spacial score (nSPS) is 13.6. The SMILES string of the molecule is Cc1cc2c3c(c1)-n1c4c(cccc4c4sc5ccccc5c41)B3n1c3oc4ccccc4c3c3cccc-2c31. The van der Waals surface area contributed by atoms with Gasteiger partial charge < -0.3 is 13.5 Å². The van der Waals surface area contributed by atoms with E-state index in [-0.39, 0.29) is 6.85 Å². The summed E-state index contributed by atoms with van der Waals surface area (Å²) in [6.07, 6.45) is 0. The maximum atomic E-state index is 6.73. The van der Waals surface area contributed by atoms with Gasteiger partial charge in [-0.1, -0.05) is 78.9 Å². The Bertz CT molecular complexity index is 2630. The van der Waals surface area contributed by atoms with E-state index >= 15 is 0 Å². The molecule has 5 heteroatoms. The molecule has 0 saturated carbocycles. The van der Waals surface area contributed by atoms with Gasteiger partial charge in [0.2, 0.25) is 0 Å². The van der Waals surface area contributed by atoms with Gasteiger partial charge in [-0.05, 0) is 47.2 Å². The summed E-state index contributed by atoms with van der Waals surface area (Å²) in [7, 11) is 0. The fourth-order valence-electron chi connectivity index (χ4n) is 7.93. The van der Waals surface area contributed by atoms with Crippen LogP contribution in [0.25, 0.3) is 81.0 Å². The highest BCUT2D eigenvalue weighted by Gasteiger charge is 2.42. The number of fused-ring (bicyclic) bond motifs is 14. The average molecular weight is 526 g/mol. The molecule has 4 aromatic heterocycles. The van der Waals surface area contributed by atoms with Gasteiger partial charge in [-0.2, -0.15) is 0 Å². The van der Waals surface area contributed by atoms with Crippen molar-refractivity contribution in [3.8, 4) is 16.8 Å². The molecule has 184 valence electrons. The number of aryl methyl sites for hydroxylation is 1. The summed E-state index contributed by atoms with van der Waals surface area (Å²) in [5.41, 5.74) is 13.8. The van der Waals surface area contributed by atoms with Crippen molar-refractivity contribution < 1.29 is 4.42 Å². The Morgan fingerprint density at radius 2 is 1.50 bits per heavy atom. The van der Waals surface area contributed by atoms with Crippen LogP contribution in [0.3, 0.4) is 0 Å². The number of furan rings is 1. The lowest BCUT2D eigenvalue weighted by molar-refractivity contribution is 0.651. The summed E-state index contributed by atoms with van der Waals surface area (Å²) in [5, 5.41) is 6.35. The molecule has 0 saturated heterocycles. The molecule has 6 heterocycles. The highest BCUT2D eigenvalue weighted by Crippen LogP contribution is 2.47. The predicted octanol–water partition coefficient (Wildman–Crippen LogP) is 8.11. The van der Waals surface area contributed by atoms with Crippen molar-refractivity contribution in [2.45, 2.75) is 6.92 Å². The van der Waals surface area contributed by atoms with Gasteiger partial charge in [0.1, 0.15) is 5.58 Å². The molecule has 2 aliphatic rings. The number of nitrogens with zero attached hydrogens (tertiary/aromatic N) is 2. The number of aromatic nitrogens is 2. The molecule has 11 rings (SSSR count). The number of hydrogen-bond donors (Lipinski definition) is 0. The molecule has 3 nitrogen and oxygen atoms in total. The molecular formula is C35H19BN2OS. The molecule has 0 spiro atoms. The molecular weight excluding hydrogens is 507 g/mol. The Kier molecular flexibility index (Phi) is 3.29. The zero-order valence-electron chi connectivity index (χ0n) is 21.5. The molecule has 2 aliphatic heterocycles. The molecule has 0 radical (unpaired) electrons. The Morgan fingerprint density at radius 3 is 2.45 bits per heavy atom. The summed E-state index contributed by atoms with van der Waals surface area (Å²) in [4.78, 5) is 0. The first kappa shape index (κ1) is 20.2. The highest BCUT2D eigenvalue weighted by molar-refractivity contribution is 7.26. The van der Waals surface area contributed by atoms with Crippen LogP contribution in [0.5, 0.6) is 0 Å². The fraction of sp³-hybridized carbons (Fsp3) is 0.0286. The van der Waals surface area contributed by atoms with Crippen LogP contribution in [0.4, 0.5) is 0 Å². The third kappa shape index (κ3) is 2.07. The zero-order chi connectivity index (χ0) is 25.9. The fourth-order valence-corrected chi connectivity index (χ4v) is 9.15. The van der Waals surface area contributed by atoms with E-state index in [2.05, 4.69) is 113 Å². The van der Waals surface area contributed by atoms with Gasteiger partial charge in [-0.25, -0.2) is 0 Å². The Hall–Kier alpha value is -4.74. The van der Waals surface area contributed by atoms with Gasteiger partial charge in [0.05, 0.1) is 21.1 Å². The second-order valence-electron chi connectivity index (χ2n) is 11.4. The maximum absolute atomic E-state index is 6.73. The Labute approximate surface area is 232 Å². The van der Waals surface area contributed by atoms with Crippen molar-refractivity contribution in [2.24, 2.45) is 0 Å². The van der Waals surface area contributed by atoms with Crippen LogP contribution in [0, 0.1) is 6.92 Å². The van der Waals surface area contributed by atoms with Crippen LogP contribution in [-0.4, -0.2) is 15.9 Å². The van der Waals surface area contributed by atoms with E-state index in [1.54, 1.807) is 0 Å². The van der Waals surface area contributed by atoms with Crippen molar-refractivity contribution in [1.82, 2.24) is 9.05 Å². The molecule has 0 atom stereocenters. The van der Waals surface area contributed by atoms with Gasteiger partial charge in [-0.15, -0.1) is 11.3 Å². The van der Waals surface area contributed by atoms with Crippen molar-refractivity contribution in [3.63, 3.8) is 0 Å². The van der Waals surface area contributed by atoms with Crippen molar-refractivity contribution >= 4 is 93.3 Å². The maximum Gasteiger partial charge on any atom is 0.336 e. The first-order valence-electron chi connectivity index (χ1n) is 13.8.